The number of hydrogen-bond donors (Lipinski definition) is 1. The summed E-state index contributed by atoms with van der Waals surface area (Å²) in [6, 6.07) is 2.10. The van der Waals surface area contributed by atoms with Gasteiger partial charge in [-0.1, -0.05) is 13.8 Å². The minimum atomic E-state index is 0.680. The SMILES string of the molecule is CCCNC1CCC(C)CC1N(CCOC)C(C)C1CC1. The zero-order chi connectivity index (χ0) is 15.2. The molecule has 4 unspecified atom stereocenters. The molecule has 2 aliphatic carbocycles. The molecule has 2 saturated carbocycles. The van der Waals surface area contributed by atoms with Gasteiger partial charge in [-0.15, -0.1) is 0 Å². The highest BCUT2D eigenvalue weighted by Crippen LogP contribution is 2.38. The zero-order valence-corrected chi connectivity index (χ0v) is 14.6. The monoisotopic (exact) mass is 296 g/mol. The molecular weight excluding hydrogens is 260 g/mol. The summed E-state index contributed by atoms with van der Waals surface area (Å²) in [6.45, 7) is 10.3. The summed E-state index contributed by atoms with van der Waals surface area (Å²) in [5, 5.41) is 3.83. The van der Waals surface area contributed by atoms with Crippen molar-refractivity contribution in [2.75, 3.05) is 26.8 Å². The standard InChI is InChI=1S/C18H36N2O/c1-5-10-19-17-9-6-14(2)13-18(17)20(11-12-21-4)15(3)16-7-8-16/h14-19H,5-13H2,1-4H3. The van der Waals surface area contributed by atoms with Crippen LogP contribution in [-0.4, -0.2) is 49.8 Å². The molecule has 2 aliphatic rings. The molecule has 0 radical (unpaired) electrons. The third kappa shape index (κ3) is 4.94. The fourth-order valence-corrected chi connectivity index (χ4v) is 4.00. The van der Waals surface area contributed by atoms with Crippen LogP contribution in [0.2, 0.25) is 0 Å². The number of nitrogens with zero attached hydrogens (tertiary/aromatic N) is 1. The second kappa shape index (κ2) is 8.50. The molecule has 0 aromatic carbocycles. The molecule has 0 aromatic rings. The predicted octanol–water partition coefficient (Wildman–Crippen LogP) is 3.29. The minimum absolute atomic E-state index is 0.680. The second-order valence-electron chi connectivity index (χ2n) is 7.35. The van der Waals surface area contributed by atoms with Crippen LogP contribution < -0.4 is 5.32 Å². The molecule has 0 aliphatic heterocycles. The Morgan fingerprint density at radius 1 is 1.24 bits per heavy atom. The Morgan fingerprint density at radius 2 is 2.00 bits per heavy atom. The molecule has 2 rings (SSSR count). The predicted molar refractivity (Wildman–Crippen MR) is 89.7 cm³/mol. The first kappa shape index (κ1) is 17.2. The summed E-state index contributed by atoms with van der Waals surface area (Å²) in [4.78, 5) is 2.78. The van der Waals surface area contributed by atoms with Crippen molar-refractivity contribution in [2.45, 2.75) is 77.4 Å². The molecular formula is C18H36N2O. The first-order valence-electron chi connectivity index (χ1n) is 9.15. The molecule has 3 heteroatoms. The Bertz CT molecular complexity index is 291. The van der Waals surface area contributed by atoms with Crippen LogP contribution >= 0.6 is 0 Å². The van der Waals surface area contributed by atoms with Gasteiger partial charge in [0.15, 0.2) is 0 Å². The van der Waals surface area contributed by atoms with Crippen LogP contribution in [0.4, 0.5) is 0 Å². The van der Waals surface area contributed by atoms with Gasteiger partial charge in [0.25, 0.3) is 0 Å². The average Bonchev–Trinajstić information content (AvgIpc) is 3.31. The highest BCUT2D eigenvalue weighted by atomic mass is 16.5. The van der Waals surface area contributed by atoms with Crippen molar-refractivity contribution in [3.05, 3.63) is 0 Å². The van der Waals surface area contributed by atoms with E-state index in [0.29, 0.717) is 12.1 Å². The van der Waals surface area contributed by atoms with Gasteiger partial charge in [0.1, 0.15) is 0 Å². The van der Waals surface area contributed by atoms with E-state index in [9.17, 15) is 0 Å². The van der Waals surface area contributed by atoms with Crippen LogP contribution in [0.25, 0.3) is 0 Å². The van der Waals surface area contributed by atoms with Crippen molar-refractivity contribution in [1.29, 1.82) is 0 Å². The molecule has 0 heterocycles. The topological polar surface area (TPSA) is 24.5 Å². The Labute approximate surface area is 131 Å². The van der Waals surface area contributed by atoms with Crippen molar-refractivity contribution < 1.29 is 4.74 Å². The van der Waals surface area contributed by atoms with Gasteiger partial charge in [0, 0.05) is 31.8 Å². The molecule has 0 amide bonds. The summed E-state index contributed by atoms with van der Waals surface area (Å²) in [5.74, 6) is 1.80. The highest BCUT2D eigenvalue weighted by molar-refractivity contribution is 4.95. The molecule has 2 fully saturated rings. The fraction of sp³-hybridized carbons (Fsp3) is 1.00. The second-order valence-corrected chi connectivity index (χ2v) is 7.35. The van der Waals surface area contributed by atoms with Gasteiger partial charge in [0.05, 0.1) is 6.61 Å². The van der Waals surface area contributed by atoms with Gasteiger partial charge in [-0.2, -0.15) is 0 Å². The van der Waals surface area contributed by atoms with Crippen molar-refractivity contribution in [1.82, 2.24) is 10.2 Å². The summed E-state index contributed by atoms with van der Waals surface area (Å²) in [7, 11) is 1.83. The van der Waals surface area contributed by atoms with Crippen LogP contribution in [0.5, 0.6) is 0 Å². The lowest BCUT2D eigenvalue weighted by Gasteiger charge is -2.45. The quantitative estimate of drug-likeness (QED) is 0.706. The third-order valence-electron chi connectivity index (χ3n) is 5.54. The summed E-state index contributed by atoms with van der Waals surface area (Å²) < 4.78 is 5.39. The van der Waals surface area contributed by atoms with E-state index in [-0.39, 0.29) is 0 Å². The van der Waals surface area contributed by atoms with E-state index < -0.39 is 0 Å². The van der Waals surface area contributed by atoms with Crippen LogP contribution in [0.15, 0.2) is 0 Å². The van der Waals surface area contributed by atoms with E-state index in [0.717, 1.165) is 37.6 Å². The van der Waals surface area contributed by atoms with Crippen molar-refractivity contribution in [2.24, 2.45) is 11.8 Å². The molecule has 124 valence electrons. The van der Waals surface area contributed by atoms with E-state index in [1.54, 1.807) is 0 Å². The number of ether oxygens (including phenoxy) is 1. The lowest BCUT2D eigenvalue weighted by molar-refractivity contribution is 0.0370. The van der Waals surface area contributed by atoms with Crippen LogP contribution in [0.1, 0.15) is 59.3 Å². The van der Waals surface area contributed by atoms with E-state index in [2.05, 4.69) is 31.0 Å². The number of rotatable bonds is 9. The first-order valence-corrected chi connectivity index (χ1v) is 9.15. The molecule has 21 heavy (non-hydrogen) atoms. The number of hydrogen-bond acceptors (Lipinski definition) is 3. The third-order valence-corrected chi connectivity index (χ3v) is 5.54. The first-order chi connectivity index (χ1) is 10.2. The molecule has 0 spiro atoms. The molecule has 4 atom stereocenters. The van der Waals surface area contributed by atoms with Crippen LogP contribution in [-0.2, 0) is 4.74 Å². The lowest BCUT2D eigenvalue weighted by Crippen LogP contribution is -2.56. The summed E-state index contributed by atoms with van der Waals surface area (Å²) in [5.41, 5.74) is 0. The normalized spacial score (nSPS) is 31.6. The number of nitrogens with one attached hydrogen (secondary N) is 1. The van der Waals surface area contributed by atoms with E-state index in [1.165, 1.54) is 38.5 Å². The Hall–Kier alpha value is -0.120. The van der Waals surface area contributed by atoms with Crippen molar-refractivity contribution in [3.63, 3.8) is 0 Å². The molecule has 0 aromatic heterocycles. The Balaban J connectivity index is 2.03. The maximum Gasteiger partial charge on any atom is 0.0589 e. The molecule has 1 N–H and O–H groups in total. The molecule has 0 saturated heterocycles. The number of methoxy groups -OCH3 is 1. The van der Waals surface area contributed by atoms with Crippen molar-refractivity contribution in [3.8, 4) is 0 Å². The fourth-order valence-electron chi connectivity index (χ4n) is 4.00. The smallest absolute Gasteiger partial charge is 0.0589 e. The van der Waals surface area contributed by atoms with Gasteiger partial charge >= 0.3 is 0 Å². The Kier molecular flexibility index (Phi) is 6.97. The maximum absolute atomic E-state index is 5.39. The summed E-state index contributed by atoms with van der Waals surface area (Å²) in [6.07, 6.45) is 8.16. The largest absolute Gasteiger partial charge is 0.383 e. The van der Waals surface area contributed by atoms with Gasteiger partial charge in [-0.05, 0) is 63.8 Å². The van der Waals surface area contributed by atoms with Gasteiger partial charge < -0.3 is 10.1 Å². The molecule has 3 nitrogen and oxygen atoms in total. The Morgan fingerprint density at radius 3 is 2.62 bits per heavy atom. The van der Waals surface area contributed by atoms with E-state index >= 15 is 0 Å². The van der Waals surface area contributed by atoms with Gasteiger partial charge in [-0.25, -0.2) is 0 Å². The van der Waals surface area contributed by atoms with Gasteiger partial charge in [0.2, 0.25) is 0 Å². The van der Waals surface area contributed by atoms with Crippen LogP contribution in [0, 0.1) is 11.8 Å². The maximum atomic E-state index is 5.39. The van der Waals surface area contributed by atoms with E-state index in [1.807, 2.05) is 7.11 Å². The molecule has 0 bridgehead atoms. The van der Waals surface area contributed by atoms with Crippen molar-refractivity contribution >= 4 is 0 Å². The van der Waals surface area contributed by atoms with Crippen LogP contribution in [0.3, 0.4) is 0 Å². The minimum Gasteiger partial charge on any atom is -0.383 e. The lowest BCUT2D eigenvalue weighted by atomic mass is 9.81. The highest BCUT2D eigenvalue weighted by Gasteiger charge is 2.39. The average molecular weight is 296 g/mol. The van der Waals surface area contributed by atoms with Gasteiger partial charge in [-0.3, -0.25) is 4.90 Å². The zero-order valence-electron chi connectivity index (χ0n) is 14.6. The van der Waals surface area contributed by atoms with E-state index in [4.69, 9.17) is 4.74 Å². The summed E-state index contributed by atoms with van der Waals surface area (Å²) >= 11 is 0.